The summed E-state index contributed by atoms with van der Waals surface area (Å²) in [4.78, 5) is 4.03. The Morgan fingerprint density at radius 3 is 2.83 bits per heavy atom. The maximum atomic E-state index is 5.82. The molecule has 1 fully saturated rings. The molecule has 0 bridgehead atoms. The van der Waals surface area contributed by atoms with Crippen LogP contribution in [0.15, 0.2) is 12.3 Å². The van der Waals surface area contributed by atoms with Gasteiger partial charge >= 0.3 is 0 Å². The summed E-state index contributed by atoms with van der Waals surface area (Å²) in [6.45, 7) is 0. The van der Waals surface area contributed by atoms with Gasteiger partial charge in [0.15, 0.2) is 0 Å². The highest BCUT2D eigenvalue weighted by atomic mass is 35.5. The van der Waals surface area contributed by atoms with Gasteiger partial charge in [-0.15, -0.1) is 0 Å². The lowest BCUT2D eigenvalue weighted by atomic mass is 9.80. The van der Waals surface area contributed by atoms with Crippen molar-refractivity contribution in [1.82, 2.24) is 4.98 Å². The number of nitrogen functional groups attached to an aromatic ring is 1. The van der Waals surface area contributed by atoms with E-state index in [2.05, 4.69) is 4.98 Å². The minimum atomic E-state index is 0.608. The van der Waals surface area contributed by atoms with Gasteiger partial charge < -0.3 is 5.73 Å². The lowest BCUT2D eigenvalue weighted by Crippen LogP contribution is -2.11. The first-order chi connectivity index (χ1) is 5.77. The largest absolute Gasteiger partial charge is 0.383 e. The van der Waals surface area contributed by atoms with Gasteiger partial charge in [-0.25, -0.2) is 4.98 Å². The van der Waals surface area contributed by atoms with Crippen LogP contribution in [0.1, 0.15) is 30.7 Å². The average molecular weight is 183 g/mol. The molecule has 0 saturated heterocycles. The molecule has 0 amide bonds. The summed E-state index contributed by atoms with van der Waals surface area (Å²) < 4.78 is 0. The van der Waals surface area contributed by atoms with Gasteiger partial charge in [0.1, 0.15) is 5.82 Å². The van der Waals surface area contributed by atoms with Crippen LogP contribution in [-0.2, 0) is 0 Å². The molecular weight excluding hydrogens is 172 g/mol. The monoisotopic (exact) mass is 182 g/mol. The molecule has 12 heavy (non-hydrogen) atoms. The number of hydrogen-bond donors (Lipinski definition) is 1. The van der Waals surface area contributed by atoms with E-state index in [0.717, 1.165) is 5.56 Å². The van der Waals surface area contributed by atoms with Crippen molar-refractivity contribution in [3.63, 3.8) is 0 Å². The second-order valence-corrected chi connectivity index (χ2v) is 3.69. The van der Waals surface area contributed by atoms with Crippen LogP contribution in [0.5, 0.6) is 0 Å². The van der Waals surface area contributed by atoms with Gasteiger partial charge in [-0.1, -0.05) is 18.0 Å². The molecule has 0 spiro atoms. The first-order valence-electron chi connectivity index (χ1n) is 4.18. The van der Waals surface area contributed by atoms with Crippen molar-refractivity contribution in [2.45, 2.75) is 25.2 Å². The number of hydrogen-bond acceptors (Lipinski definition) is 2. The van der Waals surface area contributed by atoms with Crippen molar-refractivity contribution in [2.75, 3.05) is 5.73 Å². The Hall–Kier alpha value is -0.760. The van der Waals surface area contributed by atoms with Crippen LogP contribution in [0, 0.1) is 0 Å². The molecule has 2 rings (SSSR count). The molecule has 1 saturated carbocycles. The molecule has 0 unspecified atom stereocenters. The van der Waals surface area contributed by atoms with Crippen LogP contribution in [0.3, 0.4) is 0 Å². The number of anilines is 1. The quantitative estimate of drug-likeness (QED) is 0.725. The third-order valence-corrected chi connectivity index (χ3v) is 2.67. The minimum absolute atomic E-state index is 0.608. The van der Waals surface area contributed by atoms with Gasteiger partial charge in [-0.2, -0.15) is 0 Å². The fourth-order valence-corrected chi connectivity index (χ4v) is 1.68. The number of halogens is 1. The fourth-order valence-electron chi connectivity index (χ4n) is 1.51. The highest BCUT2D eigenvalue weighted by Gasteiger charge is 2.22. The Balaban J connectivity index is 2.34. The molecule has 1 aromatic rings. The summed E-state index contributed by atoms with van der Waals surface area (Å²) in [5.41, 5.74) is 6.86. The van der Waals surface area contributed by atoms with Crippen LogP contribution < -0.4 is 5.73 Å². The first-order valence-corrected chi connectivity index (χ1v) is 4.56. The highest BCUT2D eigenvalue weighted by molar-refractivity contribution is 6.30. The second kappa shape index (κ2) is 2.94. The Morgan fingerprint density at radius 1 is 1.50 bits per heavy atom. The average Bonchev–Trinajstić information content (AvgIpc) is 1.93. The normalized spacial score (nSPS) is 17.4. The van der Waals surface area contributed by atoms with Crippen LogP contribution in [0.2, 0.25) is 5.02 Å². The van der Waals surface area contributed by atoms with E-state index in [0.29, 0.717) is 16.8 Å². The van der Waals surface area contributed by atoms with Gasteiger partial charge in [0.25, 0.3) is 0 Å². The molecule has 1 aliphatic rings. The summed E-state index contributed by atoms with van der Waals surface area (Å²) in [6.07, 6.45) is 5.36. The lowest BCUT2D eigenvalue weighted by Gasteiger charge is -2.26. The summed E-state index contributed by atoms with van der Waals surface area (Å²) in [5.74, 6) is 1.25. The van der Waals surface area contributed by atoms with Crippen molar-refractivity contribution < 1.29 is 0 Å². The molecule has 0 radical (unpaired) electrons. The van der Waals surface area contributed by atoms with Gasteiger partial charge in [0.05, 0.1) is 5.02 Å². The zero-order valence-corrected chi connectivity index (χ0v) is 7.51. The molecule has 64 valence electrons. The molecule has 0 aliphatic heterocycles. The summed E-state index contributed by atoms with van der Waals surface area (Å²) in [7, 11) is 0. The molecule has 0 atom stereocenters. The number of aromatic nitrogens is 1. The van der Waals surface area contributed by atoms with Crippen molar-refractivity contribution in [2.24, 2.45) is 0 Å². The van der Waals surface area contributed by atoms with E-state index < -0.39 is 0 Å². The van der Waals surface area contributed by atoms with Crippen molar-refractivity contribution in [3.8, 4) is 0 Å². The number of nitrogens with zero attached hydrogens (tertiary/aromatic N) is 1. The van der Waals surface area contributed by atoms with E-state index >= 15 is 0 Å². The Labute approximate surface area is 76.7 Å². The number of pyridine rings is 1. The van der Waals surface area contributed by atoms with E-state index in [4.69, 9.17) is 17.3 Å². The van der Waals surface area contributed by atoms with E-state index in [1.807, 2.05) is 6.07 Å². The van der Waals surface area contributed by atoms with E-state index in [1.165, 1.54) is 19.3 Å². The second-order valence-electron chi connectivity index (χ2n) is 3.26. The van der Waals surface area contributed by atoms with Crippen molar-refractivity contribution >= 4 is 17.4 Å². The molecule has 1 heterocycles. The molecule has 3 heteroatoms. The smallest absolute Gasteiger partial charge is 0.126 e. The Morgan fingerprint density at radius 2 is 2.25 bits per heavy atom. The third-order valence-electron chi connectivity index (χ3n) is 2.46. The van der Waals surface area contributed by atoms with E-state index in [9.17, 15) is 0 Å². The first kappa shape index (κ1) is 7.87. The van der Waals surface area contributed by atoms with Crippen LogP contribution in [0.25, 0.3) is 0 Å². The zero-order valence-electron chi connectivity index (χ0n) is 6.76. The summed E-state index contributed by atoms with van der Waals surface area (Å²) in [6, 6.07) is 1.94. The Bertz CT molecular complexity index is 295. The fraction of sp³-hybridized carbons (Fsp3) is 0.444. The molecule has 1 aromatic heterocycles. The minimum Gasteiger partial charge on any atom is -0.383 e. The van der Waals surface area contributed by atoms with Gasteiger partial charge in [-0.3, -0.25) is 0 Å². The lowest BCUT2D eigenvalue weighted by molar-refractivity contribution is 0.420. The Kier molecular flexibility index (Phi) is 1.93. The van der Waals surface area contributed by atoms with Gasteiger partial charge in [-0.05, 0) is 30.4 Å². The summed E-state index contributed by atoms with van der Waals surface area (Å²) in [5, 5.41) is 0.686. The highest BCUT2D eigenvalue weighted by Crippen LogP contribution is 2.39. The molecule has 0 aromatic carbocycles. The van der Waals surface area contributed by atoms with Crippen LogP contribution in [-0.4, -0.2) is 4.98 Å². The van der Waals surface area contributed by atoms with Crippen LogP contribution >= 0.6 is 11.6 Å². The van der Waals surface area contributed by atoms with Gasteiger partial charge in [0.2, 0.25) is 0 Å². The standard InChI is InChI=1S/C9H11ClN2/c10-7-4-8(6-2-1-3-6)9(11)12-5-7/h4-6H,1-3H2,(H2,11,12). The van der Waals surface area contributed by atoms with Crippen molar-refractivity contribution in [1.29, 1.82) is 0 Å². The number of rotatable bonds is 1. The predicted molar refractivity (Wildman–Crippen MR) is 50.3 cm³/mol. The van der Waals surface area contributed by atoms with Crippen molar-refractivity contribution in [3.05, 3.63) is 22.8 Å². The molecule has 2 N–H and O–H groups in total. The maximum absolute atomic E-state index is 5.82. The third kappa shape index (κ3) is 1.27. The SMILES string of the molecule is Nc1ncc(Cl)cc1C1CCC1. The van der Waals surface area contributed by atoms with Crippen LogP contribution in [0.4, 0.5) is 5.82 Å². The molecular formula is C9H11ClN2. The summed E-state index contributed by atoms with van der Waals surface area (Å²) >= 11 is 5.82. The van der Waals surface area contributed by atoms with E-state index in [-0.39, 0.29) is 0 Å². The number of nitrogens with two attached hydrogens (primary N) is 1. The maximum Gasteiger partial charge on any atom is 0.126 e. The molecule has 2 nitrogen and oxygen atoms in total. The van der Waals surface area contributed by atoms with E-state index in [1.54, 1.807) is 6.20 Å². The topological polar surface area (TPSA) is 38.9 Å². The zero-order chi connectivity index (χ0) is 8.55. The van der Waals surface area contributed by atoms with Gasteiger partial charge in [0, 0.05) is 6.20 Å². The predicted octanol–water partition coefficient (Wildman–Crippen LogP) is 2.58. The molecule has 1 aliphatic carbocycles.